The summed E-state index contributed by atoms with van der Waals surface area (Å²) in [6.45, 7) is 2.21. The van der Waals surface area contributed by atoms with E-state index in [1.54, 1.807) is 30.1 Å². The molecular weight excluding hydrogens is 210 g/mol. The molecule has 6 nitrogen and oxygen atoms in total. The molecule has 1 unspecified atom stereocenters. The second-order valence-electron chi connectivity index (χ2n) is 3.56. The highest BCUT2D eigenvalue weighted by molar-refractivity contribution is 5.77. The second-order valence-corrected chi connectivity index (χ2v) is 3.56. The summed E-state index contributed by atoms with van der Waals surface area (Å²) in [5.41, 5.74) is 0. The van der Waals surface area contributed by atoms with Crippen molar-refractivity contribution in [2.45, 2.75) is 19.9 Å². The molecule has 2 N–H and O–H groups in total. The molecule has 1 heterocycles. The van der Waals surface area contributed by atoms with Gasteiger partial charge in [-0.05, 0) is 6.07 Å². The number of nitrogens with zero attached hydrogens (tertiary/aromatic N) is 2. The van der Waals surface area contributed by atoms with Crippen molar-refractivity contribution in [1.29, 1.82) is 0 Å². The van der Waals surface area contributed by atoms with Crippen molar-refractivity contribution in [3.63, 3.8) is 0 Å². The van der Waals surface area contributed by atoms with Gasteiger partial charge in [0.15, 0.2) is 0 Å². The lowest BCUT2D eigenvalue weighted by Crippen LogP contribution is -2.31. The molecule has 0 saturated carbocycles. The summed E-state index contributed by atoms with van der Waals surface area (Å²) in [5.74, 6) is -1.63. The van der Waals surface area contributed by atoms with Gasteiger partial charge < -0.3 is 10.4 Å². The van der Waals surface area contributed by atoms with Gasteiger partial charge >= 0.3 is 5.97 Å². The molecule has 1 rings (SSSR count). The van der Waals surface area contributed by atoms with E-state index in [2.05, 4.69) is 10.4 Å². The van der Waals surface area contributed by atoms with Crippen molar-refractivity contribution in [3.05, 3.63) is 18.5 Å². The van der Waals surface area contributed by atoms with Crippen molar-refractivity contribution in [2.24, 2.45) is 5.92 Å². The van der Waals surface area contributed by atoms with E-state index in [1.165, 1.54) is 0 Å². The molecule has 1 aromatic rings. The predicted molar refractivity (Wildman–Crippen MR) is 56.7 cm³/mol. The highest BCUT2D eigenvalue weighted by Gasteiger charge is 2.11. The van der Waals surface area contributed by atoms with Crippen molar-refractivity contribution in [1.82, 2.24) is 15.1 Å². The second kappa shape index (κ2) is 5.89. The van der Waals surface area contributed by atoms with Crippen LogP contribution in [0.15, 0.2) is 18.5 Å². The lowest BCUT2D eigenvalue weighted by Gasteiger charge is -2.08. The van der Waals surface area contributed by atoms with E-state index >= 15 is 0 Å². The first kappa shape index (κ1) is 12.2. The molecule has 0 aliphatic rings. The number of carboxylic acid groups (broad SMARTS) is 1. The minimum Gasteiger partial charge on any atom is -0.481 e. The first-order valence-electron chi connectivity index (χ1n) is 5.06. The van der Waals surface area contributed by atoms with E-state index in [0.29, 0.717) is 13.0 Å². The molecule has 0 spiro atoms. The third kappa shape index (κ3) is 4.12. The van der Waals surface area contributed by atoms with Crippen LogP contribution >= 0.6 is 0 Å². The quantitative estimate of drug-likeness (QED) is 0.719. The average Bonchev–Trinajstić information content (AvgIpc) is 2.75. The minimum absolute atomic E-state index is 0.160. The zero-order valence-corrected chi connectivity index (χ0v) is 9.09. The smallest absolute Gasteiger partial charge is 0.308 e. The molecule has 6 heteroatoms. The Morgan fingerprint density at radius 2 is 2.31 bits per heavy atom. The van der Waals surface area contributed by atoms with E-state index in [-0.39, 0.29) is 12.5 Å². The fourth-order valence-corrected chi connectivity index (χ4v) is 1.09. The fourth-order valence-electron chi connectivity index (χ4n) is 1.09. The lowest BCUT2D eigenvalue weighted by atomic mass is 10.2. The average molecular weight is 225 g/mol. The number of aryl methyl sites for hydroxylation is 1. The first-order valence-corrected chi connectivity index (χ1v) is 5.06. The molecule has 0 fully saturated rings. The maximum absolute atomic E-state index is 11.3. The highest BCUT2D eigenvalue weighted by atomic mass is 16.4. The van der Waals surface area contributed by atoms with Crippen molar-refractivity contribution in [3.8, 4) is 0 Å². The van der Waals surface area contributed by atoms with E-state index in [4.69, 9.17) is 5.11 Å². The summed E-state index contributed by atoms with van der Waals surface area (Å²) in [6, 6.07) is 1.78. The minimum atomic E-state index is -0.910. The van der Waals surface area contributed by atoms with Crippen LogP contribution in [0.2, 0.25) is 0 Å². The van der Waals surface area contributed by atoms with Crippen LogP contribution in [0, 0.1) is 5.92 Å². The number of carboxylic acids is 1. The SMILES string of the molecule is CC(CNC(=O)CCn1cccn1)C(=O)O. The maximum atomic E-state index is 11.3. The Bertz CT molecular complexity index is 348. The van der Waals surface area contributed by atoms with Crippen molar-refractivity contribution >= 4 is 11.9 Å². The Morgan fingerprint density at radius 3 is 2.88 bits per heavy atom. The molecule has 0 radical (unpaired) electrons. The largest absolute Gasteiger partial charge is 0.481 e. The van der Waals surface area contributed by atoms with Gasteiger partial charge in [-0.1, -0.05) is 6.92 Å². The number of rotatable bonds is 6. The molecule has 16 heavy (non-hydrogen) atoms. The van der Waals surface area contributed by atoms with E-state index in [9.17, 15) is 9.59 Å². The predicted octanol–water partition coefficient (Wildman–Crippen LogP) is 0.110. The van der Waals surface area contributed by atoms with E-state index in [1.807, 2.05) is 0 Å². The third-order valence-corrected chi connectivity index (χ3v) is 2.15. The molecule has 1 amide bonds. The van der Waals surface area contributed by atoms with Gasteiger partial charge in [0.2, 0.25) is 5.91 Å². The van der Waals surface area contributed by atoms with Crippen molar-refractivity contribution in [2.75, 3.05) is 6.54 Å². The third-order valence-electron chi connectivity index (χ3n) is 2.15. The standard InChI is InChI=1S/C10H15N3O3/c1-8(10(15)16)7-11-9(14)3-6-13-5-2-4-12-13/h2,4-5,8H,3,6-7H2,1H3,(H,11,14)(H,15,16). The Morgan fingerprint density at radius 1 is 1.56 bits per heavy atom. The van der Waals surface area contributed by atoms with Gasteiger partial charge in [-0.25, -0.2) is 0 Å². The summed E-state index contributed by atoms with van der Waals surface area (Å²) in [4.78, 5) is 21.8. The fraction of sp³-hybridized carbons (Fsp3) is 0.500. The van der Waals surface area contributed by atoms with Gasteiger partial charge in [-0.3, -0.25) is 14.3 Å². The molecule has 1 aromatic heterocycles. The van der Waals surface area contributed by atoms with E-state index < -0.39 is 11.9 Å². The normalized spacial score (nSPS) is 12.1. The number of aliphatic carboxylic acids is 1. The Hall–Kier alpha value is -1.85. The van der Waals surface area contributed by atoms with Crippen LogP contribution in [0.25, 0.3) is 0 Å². The molecule has 0 aliphatic heterocycles. The number of hydrogen-bond acceptors (Lipinski definition) is 3. The summed E-state index contributed by atoms with van der Waals surface area (Å²) in [6.07, 6.45) is 3.71. The Labute approximate surface area is 93.3 Å². The molecule has 1 atom stereocenters. The van der Waals surface area contributed by atoms with Crippen LogP contribution in [0.1, 0.15) is 13.3 Å². The number of carbonyl (C=O) groups excluding carboxylic acids is 1. The van der Waals surface area contributed by atoms with Gasteiger partial charge in [0.05, 0.1) is 5.92 Å². The monoisotopic (exact) mass is 225 g/mol. The maximum Gasteiger partial charge on any atom is 0.308 e. The van der Waals surface area contributed by atoms with Crippen LogP contribution in [0.3, 0.4) is 0 Å². The van der Waals surface area contributed by atoms with Crippen LogP contribution in [0.5, 0.6) is 0 Å². The zero-order chi connectivity index (χ0) is 12.0. The van der Waals surface area contributed by atoms with Gasteiger partial charge in [0.1, 0.15) is 0 Å². The summed E-state index contributed by atoms with van der Waals surface area (Å²) in [7, 11) is 0. The van der Waals surface area contributed by atoms with Crippen molar-refractivity contribution < 1.29 is 14.7 Å². The summed E-state index contributed by atoms with van der Waals surface area (Å²) < 4.78 is 1.65. The van der Waals surface area contributed by atoms with Crippen LogP contribution < -0.4 is 5.32 Å². The number of nitrogens with one attached hydrogen (secondary N) is 1. The number of amides is 1. The van der Waals surface area contributed by atoms with Gasteiger partial charge in [0, 0.05) is 31.9 Å². The molecule has 0 saturated heterocycles. The van der Waals surface area contributed by atoms with Crippen LogP contribution in [0.4, 0.5) is 0 Å². The molecule has 0 aromatic carbocycles. The molecule has 0 bridgehead atoms. The molecule has 0 aliphatic carbocycles. The number of hydrogen-bond donors (Lipinski definition) is 2. The Balaban J connectivity index is 2.19. The number of aromatic nitrogens is 2. The van der Waals surface area contributed by atoms with Gasteiger partial charge in [-0.15, -0.1) is 0 Å². The van der Waals surface area contributed by atoms with Gasteiger partial charge in [-0.2, -0.15) is 5.10 Å². The highest BCUT2D eigenvalue weighted by Crippen LogP contribution is 1.93. The van der Waals surface area contributed by atoms with Crippen LogP contribution in [-0.2, 0) is 16.1 Å². The van der Waals surface area contributed by atoms with E-state index in [0.717, 1.165) is 0 Å². The molecule has 88 valence electrons. The van der Waals surface area contributed by atoms with Gasteiger partial charge in [0.25, 0.3) is 0 Å². The topological polar surface area (TPSA) is 84.2 Å². The summed E-state index contributed by atoms with van der Waals surface area (Å²) >= 11 is 0. The number of carbonyl (C=O) groups is 2. The molecular formula is C10H15N3O3. The lowest BCUT2D eigenvalue weighted by molar-refractivity contribution is -0.141. The Kier molecular flexibility index (Phi) is 4.50. The zero-order valence-electron chi connectivity index (χ0n) is 9.09. The van der Waals surface area contributed by atoms with Crippen LogP contribution in [-0.4, -0.2) is 33.3 Å². The summed E-state index contributed by atoms with van der Waals surface area (Å²) in [5, 5.41) is 15.1. The first-order chi connectivity index (χ1) is 7.59.